The lowest BCUT2D eigenvalue weighted by Gasteiger charge is -2.38. The van der Waals surface area contributed by atoms with Crippen LogP contribution in [0.25, 0.3) is 0 Å². The largest absolute Gasteiger partial charge is 0.493 e. The lowest BCUT2D eigenvalue weighted by Crippen LogP contribution is -2.42. The predicted octanol–water partition coefficient (Wildman–Crippen LogP) is 3.44. The van der Waals surface area contributed by atoms with Crippen LogP contribution in [0.5, 0.6) is 17.2 Å². The minimum absolute atomic E-state index is 0.235. The summed E-state index contributed by atoms with van der Waals surface area (Å²) in [5, 5.41) is 11.0. The van der Waals surface area contributed by atoms with Gasteiger partial charge in [-0.3, -0.25) is 4.90 Å². The maximum absolute atomic E-state index is 13.2. The Morgan fingerprint density at radius 1 is 1.11 bits per heavy atom. The number of hydrogen-bond acceptors (Lipinski definition) is 5. The first-order valence-electron chi connectivity index (χ1n) is 9.33. The third kappa shape index (κ3) is 3.73. The molecule has 27 heavy (non-hydrogen) atoms. The first-order valence-corrected chi connectivity index (χ1v) is 9.33. The van der Waals surface area contributed by atoms with Gasteiger partial charge in [-0.05, 0) is 43.5 Å². The molecule has 0 aliphatic carbocycles. The van der Waals surface area contributed by atoms with Crippen LogP contribution in [-0.2, 0) is 12.1 Å². The fourth-order valence-corrected chi connectivity index (χ4v) is 3.75. The van der Waals surface area contributed by atoms with E-state index in [0.29, 0.717) is 31.7 Å². The summed E-state index contributed by atoms with van der Waals surface area (Å²) in [6, 6.07) is 10.0. The van der Waals surface area contributed by atoms with E-state index < -0.39 is 5.60 Å². The number of hydrogen-bond donors (Lipinski definition) is 1. The molecule has 2 aromatic rings. The lowest BCUT2D eigenvalue weighted by atomic mass is 9.84. The molecule has 2 heterocycles. The third-order valence-electron chi connectivity index (χ3n) is 5.31. The van der Waals surface area contributed by atoms with Crippen molar-refractivity contribution in [2.24, 2.45) is 0 Å². The second kappa shape index (κ2) is 7.37. The van der Waals surface area contributed by atoms with Crippen molar-refractivity contribution in [1.82, 2.24) is 4.90 Å². The molecule has 0 bridgehead atoms. The Morgan fingerprint density at radius 3 is 2.44 bits per heavy atom. The Balaban J connectivity index is 1.45. The van der Waals surface area contributed by atoms with Crippen LogP contribution in [0.3, 0.4) is 0 Å². The number of benzene rings is 2. The molecule has 6 heteroatoms. The molecule has 1 saturated heterocycles. The summed E-state index contributed by atoms with van der Waals surface area (Å²) in [5.74, 6) is 1.98. The second-order valence-corrected chi connectivity index (χ2v) is 7.06. The van der Waals surface area contributed by atoms with Crippen LogP contribution in [0.4, 0.5) is 4.39 Å². The summed E-state index contributed by atoms with van der Waals surface area (Å²) in [5.41, 5.74) is 0.928. The van der Waals surface area contributed by atoms with Gasteiger partial charge in [0, 0.05) is 31.3 Å². The number of ether oxygens (including phenoxy) is 3. The second-order valence-electron chi connectivity index (χ2n) is 7.06. The van der Waals surface area contributed by atoms with E-state index in [-0.39, 0.29) is 12.6 Å². The topological polar surface area (TPSA) is 51.2 Å². The quantitative estimate of drug-likeness (QED) is 0.870. The van der Waals surface area contributed by atoms with E-state index in [1.165, 1.54) is 12.1 Å². The number of halogens is 1. The van der Waals surface area contributed by atoms with Crippen molar-refractivity contribution in [1.29, 1.82) is 0 Å². The van der Waals surface area contributed by atoms with Gasteiger partial charge in [0.25, 0.3) is 0 Å². The van der Waals surface area contributed by atoms with E-state index in [4.69, 9.17) is 14.2 Å². The molecule has 144 valence electrons. The van der Waals surface area contributed by atoms with Gasteiger partial charge < -0.3 is 19.3 Å². The van der Waals surface area contributed by atoms with Crippen LogP contribution in [0, 0.1) is 5.82 Å². The summed E-state index contributed by atoms with van der Waals surface area (Å²) in [4.78, 5) is 2.29. The molecule has 0 radical (unpaired) electrons. The molecule has 0 atom stereocenters. The van der Waals surface area contributed by atoms with E-state index in [1.54, 1.807) is 12.1 Å². The zero-order valence-electron chi connectivity index (χ0n) is 15.4. The summed E-state index contributed by atoms with van der Waals surface area (Å²) in [6.07, 6.45) is 1.21. The number of aliphatic hydroxyl groups is 1. The van der Waals surface area contributed by atoms with Crippen molar-refractivity contribution in [3.63, 3.8) is 0 Å². The molecular weight excluding hydrogens is 349 g/mol. The third-order valence-corrected chi connectivity index (χ3v) is 5.31. The molecular formula is C21H24FNO4. The number of fused-ring (bicyclic) bond motifs is 1. The van der Waals surface area contributed by atoms with Gasteiger partial charge in [-0.15, -0.1) is 0 Å². The average molecular weight is 373 g/mol. The van der Waals surface area contributed by atoms with Crippen molar-refractivity contribution < 1.29 is 23.7 Å². The van der Waals surface area contributed by atoms with Crippen molar-refractivity contribution in [2.75, 3.05) is 26.5 Å². The highest BCUT2D eigenvalue weighted by Crippen LogP contribution is 2.39. The SMILES string of the molecule is CCOc1cc2c(cc1CN1CCC(O)(c3ccc(F)cc3)CC1)OCO2. The van der Waals surface area contributed by atoms with Gasteiger partial charge in [-0.2, -0.15) is 0 Å². The van der Waals surface area contributed by atoms with Gasteiger partial charge in [0.2, 0.25) is 6.79 Å². The minimum atomic E-state index is -0.901. The van der Waals surface area contributed by atoms with Crippen molar-refractivity contribution in [3.8, 4) is 17.2 Å². The first kappa shape index (κ1) is 18.1. The van der Waals surface area contributed by atoms with Gasteiger partial charge >= 0.3 is 0 Å². The van der Waals surface area contributed by atoms with Crippen LogP contribution in [0.2, 0.25) is 0 Å². The smallest absolute Gasteiger partial charge is 0.231 e. The average Bonchev–Trinajstić information content (AvgIpc) is 3.12. The molecule has 1 N–H and O–H groups in total. The molecule has 0 unspecified atom stereocenters. The van der Waals surface area contributed by atoms with Gasteiger partial charge in [0.1, 0.15) is 11.6 Å². The molecule has 0 amide bonds. The number of piperidine rings is 1. The molecule has 0 spiro atoms. The van der Waals surface area contributed by atoms with E-state index in [2.05, 4.69) is 4.90 Å². The van der Waals surface area contributed by atoms with Crippen LogP contribution in [0.1, 0.15) is 30.9 Å². The molecule has 2 aliphatic heterocycles. The molecule has 4 rings (SSSR count). The number of nitrogens with zero attached hydrogens (tertiary/aromatic N) is 1. The maximum atomic E-state index is 13.2. The highest BCUT2D eigenvalue weighted by atomic mass is 19.1. The molecule has 0 saturated carbocycles. The maximum Gasteiger partial charge on any atom is 0.231 e. The van der Waals surface area contributed by atoms with Crippen LogP contribution < -0.4 is 14.2 Å². The summed E-state index contributed by atoms with van der Waals surface area (Å²) in [6.45, 7) is 4.97. The van der Waals surface area contributed by atoms with E-state index >= 15 is 0 Å². The fraction of sp³-hybridized carbons (Fsp3) is 0.429. The molecule has 0 aromatic heterocycles. The van der Waals surface area contributed by atoms with Crippen molar-refractivity contribution in [2.45, 2.75) is 31.9 Å². The highest BCUT2D eigenvalue weighted by Gasteiger charge is 2.34. The Kier molecular flexibility index (Phi) is 4.93. The standard InChI is InChI=1S/C21H24FNO4/c1-2-25-18-12-20-19(26-14-27-20)11-15(18)13-23-9-7-21(24,8-10-23)16-3-5-17(22)6-4-16/h3-6,11-12,24H,2,7-10,13-14H2,1H3. The minimum Gasteiger partial charge on any atom is -0.493 e. The lowest BCUT2D eigenvalue weighted by molar-refractivity contribution is -0.0279. The van der Waals surface area contributed by atoms with E-state index in [9.17, 15) is 9.50 Å². The van der Waals surface area contributed by atoms with Crippen LogP contribution in [0.15, 0.2) is 36.4 Å². The Morgan fingerprint density at radius 2 is 1.78 bits per heavy atom. The first-order chi connectivity index (χ1) is 13.1. The zero-order valence-corrected chi connectivity index (χ0v) is 15.4. The molecule has 2 aromatic carbocycles. The van der Waals surface area contributed by atoms with Crippen LogP contribution in [-0.4, -0.2) is 36.5 Å². The number of likely N-dealkylation sites (tertiary alicyclic amines) is 1. The normalized spacial score (nSPS) is 18.5. The van der Waals surface area contributed by atoms with Gasteiger partial charge in [-0.25, -0.2) is 4.39 Å². The fourth-order valence-electron chi connectivity index (χ4n) is 3.75. The molecule has 2 aliphatic rings. The van der Waals surface area contributed by atoms with Crippen molar-refractivity contribution >= 4 is 0 Å². The Hall–Kier alpha value is -2.31. The highest BCUT2D eigenvalue weighted by molar-refractivity contribution is 5.51. The predicted molar refractivity (Wildman–Crippen MR) is 98.5 cm³/mol. The number of rotatable bonds is 5. The zero-order chi connectivity index (χ0) is 18.9. The van der Waals surface area contributed by atoms with E-state index in [0.717, 1.165) is 35.7 Å². The summed E-state index contributed by atoms with van der Waals surface area (Å²) < 4.78 is 29.9. The molecule has 5 nitrogen and oxygen atoms in total. The molecule has 1 fully saturated rings. The van der Waals surface area contributed by atoms with Gasteiger partial charge in [0.05, 0.1) is 12.2 Å². The summed E-state index contributed by atoms with van der Waals surface area (Å²) in [7, 11) is 0. The van der Waals surface area contributed by atoms with Crippen molar-refractivity contribution in [3.05, 3.63) is 53.3 Å². The monoisotopic (exact) mass is 373 g/mol. The van der Waals surface area contributed by atoms with Crippen LogP contribution >= 0.6 is 0 Å². The van der Waals surface area contributed by atoms with Gasteiger partial charge in [-0.1, -0.05) is 12.1 Å². The Labute approximate surface area is 158 Å². The summed E-state index contributed by atoms with van der Waals surface area (Å²) >= 11 is 0. The van der Waals surface area contributed by atoms with E-state index in [1.807, 2.05) is 19.1 Å². The van der Waals surface area contributed by atoms with Gasteiger partial charge in [0.15, 0.2) is 11.5 Å². The Bertz CT molecular complexity index is 801.